The molecule has 0 saturated carbocycles. The van der Waals surface area contributed by atoms with Crippen molar-refractivity contribution in [1.82, 2.24) is 4.90 Å². The average molecular weight is 434 g/mol. The van der Waals surface area contributed by atoms with Crippen LogP contribution in [0.4, 0.5) is 11.4 Å². The molecule has 1 fully saturated rings. The first-order valence-electron chi connectivity index (χ1n) is 10.9. The number of para-hydroxylation sites is 1. The zero-order valence-corrected chi connectivity index (χ0v) is 18.0. The molecule has 0 spiro atoms. The Labute approximate surface area is 192 Å². The Bertz CT molecular complexity index is 1250. The van der Waals surface area contributed by atoms with Crippen LogP contribution < -0.4 is 9.80 Å². The second-order valence-corrected chi connectivity index (χ2v) is 8.00. The molecule has 3 aromatic carbocycles. The lowest BCUT2D eigenvalue weighted by Crippen LogP contribution is -2.47. The van der Waals surface area contributed by atoms with Crippen LogP contribution in [0.15, 0.2) is 90.6 Å². The van der Waals surface area contributed by atoms with Crippen LogP contribution in [0.1, 0.15) is 11.1 Å². The van der Waals surface area contributed by atoms with Crippen LogP contribution in [-0.4, -0.2) is 42.9 Å². The number of nitrogens with zero attached hydrogens (tertiary/aromatic N) is 4. The van der Waals surface area contributed by atoms with Crippen LogP contribution in [0.25, 0.3) is 5.57 Å². The Hall–Kier alpha value is -4.37. The molecule has 0 unspecified atom stereocenters. The quantitative estimate of drug-likeness (QED) is 0.586. The summed E-state index contributed by atoms with van der Waals surface area (Å²) in [4.78, 5) is 32.7. The summed E-state index contributed by atoms with van der Waals surface area (Å²) in [5.74, 6) is -0.659. The Morgan fingerprint density at radius 3 is 1.82 bits per heavy atom. The predicted octanol–water partition coefficient (Wildman–Crippen LogP) is 3.66. The molecule has 2 aliphatic heterocycles. The van der Waals surface area contributed by atoms with Crippen molar-refractivity contribution in [3.8, 4) is 6.07 Å². The number of amides is 2. The number of piperazine rings is 1. The number of hydrogen-bond acceptors (Lipinski definition) is 5. The molecule has 0 aliphatic carbocycles. The number of rotatable bonds is 4. The second-order valence-electron chi connectivity index (χ2n) is 8.00. The van der Waals surface area contributed by atoms with Gasteiger partial charge < -0.3 is 9.80 Å². The molecule has 33 heavy (non-hydrogen) atoms. The molecule has 0 radical (unpaired) electrons. The van der Waals surface area contributed by atoms with Crippen molar-refractivity contribution in [2.24, 2.45) is 0 Å². The Kier molecular flexibility index (Phi) is 5.37. The molecule has 3 aromatic rings. The van der Waals surface area contributed by atoms with Crippen molar-refractivity contribution < 1.29 is 9.59 Å². The first kappa shape index (κ1) is 20.5. The van der Waals surface area contributed by atoms with E-state index in [2.05, 4.69) is 23.1 Å². The van der Waals surface area contributed by atoms with Crippen LogP contribution in [0.5, 0.6) is 0 Å². The van der Waals surface area contributed by atoms with E-state index in [9.17, 15) is 9.59 Å². The van der Waals surface area contributed by atoms with E-state index in [1.54, 1.807) is 24.3 Å². The minimum Gasteiger partial charge on any atom is -0.368 e. The molecule has 0 bridgehead atoms. The molecule has 5 rings (SSSR count). The normalized spacial score (nSPS) is 16.4. The van der Waals surface area contributed by atoms with Crippen molar-refractivity contribution in [2.45, 2.75) is 0 Å². The molecule has 2 aliphatic rings. The highest BCUT2D eigenvalue weighted by molar-refractivity contribution is 6.45. The molecular formula is C27H22N4O2. The zero-order chi connectivity index (χ0) is 22.8. The van der Waals surface area contributed by atoms with E-state index in [1.807, 2.05) is 53.4 Å². The van der Waals surface area contributed by atoms with E-state index in [-0.39, 0.29) is 11.8 Å². The molecule has 0 N–H and O–H groups in total. The first-order valence-corrected chi connectivity index (χ1v) is 10.9. The minimum atomic E-state index is -0.337. The molecular weight excluding hydrogens is 412 g/mol. The largest absolute Gasteiger partial charge is 0.368 e. The van der Waals surface area contributed by atoms with Gasteiger partial charge >= 0.3 is 0 Å². The Morgan fingerprint density at radius 2 is 1.21 bits per heavy atom. The van der Waals surface area contributed by atoms with Crippen molar-refractivity contribution in [3.05, 3.63) is 102 Å². The molecule has 1 saturated heterocycles. The molecule has 6 nitrogen and oxygen atoms in total. The van der Waals surface area contributed by atoms with Crippen LogP contribution in [0, 0.1) is 11.3 Å². The molecule has 6 heteroatoms. The number of imide groups is 1. The van der Waals surface area contributed by atoms with Gasteiger partial charge in [-0.3, -0.25) is 9.59 Å². The number of carbonyl (C=O) groups excluding carboxylic acids is 2. The van der Waals surface area contributed by atoms with E-state index < -0.39 is 0 Å². The van der Waals surface area contributed by atoms with Gasteiger partial charge in [0.05, 0.1) is 22.9 Å². The summed E-state index contributed by atoms with van der Waals surface area (Å²) in [6, 6.07) is 28.2. The average Bonchev–Trinajstić information content (AvgIpc) is 3.15. The number of hydrogen-bond donors (Lipinski definition) is 0. The summed E-state index contributed by atoms with van der Waals surface area (Å²) in [6.45, 7) is 2.80. The maximum Gasteiger partial charge on any atom is 0.282 e. The SMILES string of the molecule is N#Cc1ccc(N2C(=O)C(c3ccccc3)=C(N3CCN(c4ccccc4)CC3)C2=O)cc1. The Morgan fingerprint density at radius 1 is 0.636 bits per heavy atom. The third-order valence-corrected chi connectivity index (χ3v) is 6.09. The summed E-state index contributed by atoms with van der Waals surface area (Å²) in [6.07, 6.45) is 0. The van der Waals surface area contributed by atoms with E-state index in [0.717, 1.165) is 24.3 Å². The first-order chi connectivity index (χ1) is 16.2. The molecule has 2 heterocycles. The lowest BCUT2D eigenvalue weighted by Gasteiger charge is -2.37. The van der Waals surface area contributed by atoms with E-state index >= 15 is 0 Å². The van der Waals surface area contributed by atoms with Crippen molar-refractivity contribution in [3.63, 3.8) is 0 Å². The van der Waals surface area contributed by atoms with Gasteiger partial charge in [0, 0.05) is 31.9 Å². The highest BCUT2D eigenvalue weighted by Gasteiger charge is 2.43. The standard InChI is InChI=1S/C27H22N4O2/c28-19-20-11-13-23(14-12-20)31-26(32)24(21-7-3-1-4-8-21)25(27(31)33)30-17-15-29(16-18-30)22-9-5-2-6-10-22/h1-14H,15-18H2. The van der Waals surface area contributed by atoms with Gasteiger partial charge in [-0.25, -0.2) is 4.90 Å². The van der Waals surface area contributed by atoms with Gasteiger partial charge in [-0.15, -0.1) is 0 Å². The smallest absolute Gasteiger partial charge is 0.282 e. The van der Waals surface area contributed by atoms with Crippen LogP contribution in [0.3, 0.4) is 0 Å². The monoisotopic (exact) mass is 434 g/mol. The predicted molar refractivity (Wildman–Crippen MR) is 127 cm³/mol. The van der Waals surface area contributed by atoms with Crippen LogP contribution >= 0.6 is 0 Å². The van der Waals surface area contributed by atoms with E-state index in [0.29, 0.717) is 35.6 Å². The highest BCUT2D eigenvalue weighted by Crippen LogP contribution is 2.35. The third kappa shape index (κ3) is 3.74. The lowest BCUT2D eigenvalue weighted by atomic mass is 10.0. The zero-order valence-electron chi connectivity index (χ0n) is 18.0. The fraction of sp³-hybridized carbons (Fsp3) is 0.148. The minimum absolute atomic E-state index is 0.322. The van der Waals surface area contributed by atoms with E-state index in [4.69, 9.17) is 5.26 Å². The number of nitriles is 1. The van der Waals surface area contributed by atoms with Gasteiger partial charge in [0.25, 0.3) is 11.8 Å². The molecule has 2 amide bonds. The van der Waals surface area contributed by atoms with Gasteiger partial charge in [-0.05, 0) is 42.0 Å². The lowest BCUT2D eigenvalue weighted by molar-refractivity contribution is -0.120. The van der Waals surface area contributed by atoms with Gasteiger partial charge in [-0.1, -0.05) is 48.5 Å². The fourth-order valence-electron chi connectivity index (χ4n) is 4.42. The molecule has 162 valence electrons. The molecule has 0 aromatic heterocycles. The third-order valence-electron chi connectivity index (χ3n) is 6.09. The van der Waals surface area contributed by atoms with Gasteiger partial charge in [0.15, 0.2) is 0 Å². The summed E-state index contributed by atoms with van der Waals surface area (Å²) in [5.41, 5.74) is 3.71. The summed E-state index contributed by atoms with van der Waals surface area (Å²) in [7, 11) is 0. The van der Waals surface area contributed by atoms with Crippen LogP contribution in [-0.2, 0) is 9.59 Å². The van der Waals surface area contributed by atoms with Gasteiger partial charge in [0.2, 0.25) is 0 Å². The fourth-order valence-corrected chi connectivity index (χ4v) is 4.42. The maximum absolute atomic E-state index is 13.6. The topological polar surface area (TPSA) is 67.7 Å². The number of carbonyl (C=O) groups is 2. The van der Waals surface area contributed by atoms with E-state index in [1.165, 1.54) is 4.90 Å². The number of benzene rings is 3. The maximum atomic E-state index is 13.6. The summed E-state index contributed by atoms with van der Waals surface area (Å²) in [5, 5.41) is 9.09. The van der Waals surface area contributed by atoms with Crippen molar-refractivity contribution >= 4 is 28.8 Å². The van der Waals surface area contributed by atoms with Gasteiger partial charge in [-0.2, -0.15) is 5.26 Å². The summed E-state index contributed by atoms with van der Waals surface area (Å²) >= 11 is 0. The van der Waals surface area contributed by atoms with Crippen molar-refractivity contribution in [1.29, 1.82) is 5.26 Å². The second kappa shape index (κ2) is 8.64. The molecule has 0 atom stereocenters. The summed E-state index contributed by atoms with van der Waals surface area (Å²) < 4.78 is 0. The number of anilines is 2. The van der Waals surface area contributed by atoms with Crippen LogP contribution in [0.2, 0.25) is 0 Å². The Balaban J connectivity index is 1.48. The highest BCUT2D eigenvalue weighted by atomic mass is 16.2. The van der Waals surface area contributed by atoms with Crippen molar-refractivity contribution in [2.75, 3.05) is 36.0 Å². The van der Waals surface area contributed by atoms with Gasteiger partial charge in [0.1, 0.15) is 5.70 Å².